The van der Waals surface area contributed by atoms with E-state index in [0.29, 0.717) is 32.8 Å². The molecule has 1 aliphatic rings. The molecule has 92 valence electrons. The molecule has 2 amide bonds. The van der Waals surface area contributed by atoms with Gasteiger partial charge in [0, 0.05) is 19.6 Å². The number of nitrogens with one attached hydrogen (secondary N) is 1. The van der Waals surface area contributed by atoms with Gasteiger partial charge in [0.25, 0.3) is 0 Å². The van der Waals surface area contributed by atoms with Gasteiger partial charge in [-0.2, -0.15) is 0 Å². The van der Waals surface area contributed by atoms with Gasteiger partial charge in [-0.25, -0.2) is 9.18 Å². The minimum absolute atomic E-state index is 0.127. The fourth-order valence-corrected chi connectivity index (χ4v) is 1.70. The maximum atomic E-state index is 12.9. The Balaban J connectivity index is 1.83. The van der Waals surface area contributed by atoms with Gasteiger partial charge < -0.3 is 15.0 Å². The molecule has 0 bridgehead atoms. The first-order valence-electron chi connectivity index (χ1n) is 5.60. The van der Waals surface area contributed by atoms with Crippen LogP contribution in [0.4, 0.5) is 9.18 Å². The molecule has 0 aliphatic carbocycles. The Morgan fingerprint density at radius 1 is 1.41 bits per heavy atom. The van der Waals surface area contributed by atoms with Gasteiger partial charge in [0.2, 0.25) is 0 Å². The molecule has 1 heterocycles. The van der Waals surface area contributed by atoms with Crippen molar-refractivity contribution in [3.8, 4) is 0 Å². The average molecular weight is 238 g/mol. The normalized spacial score (nSPS) is 15.7. The summed E-state index contributed by atoms with van der Waals surface area (Å²) in [7, 11) is 0. The van der Waals surface area contributed by atoms with Crippen LogP contribution in [0.2, 0.25) is 0 Å². The molecule has 1 aromatic carbocycles. The third-order valence-electron chi connectivity index (χ3n) is 2.63. The molecule has 1 N–H and O–H groups in total. The summed E-state index contributed by atoms with van der Waals surface area (Å²) in [5, 5.41) is 2.76. The van der Waals surface area contributed by atoms with Crippen molar-refractivity contribution in [2.24, 2.45) is 0 Å². The highest BCUT2D eigenvalue weighted by Gasteiger charge is 2.15. The summed E-state index contributed by atoms with van der Waals surface area (Å²) < 4.78 is 18.1. The second-order valence-corrected chi connectivity index (χ2v) is 3.89. The smallest absolute Gasteiger partial charge is 0.317 e. The van der Waals surface area contributed by atoms with E-state index in [0.717, 1.165) is 5.56 Å². The molecule has 1 aromatic rings. The van der Waals surface area contributed by atoms with Crippen LogP contribution in [-0.4, -0.2) is 37.2 Å². The Bertz CT molecular complexity index is 392. The first-order valence-corrected chi connectivity index (χ1v) is 5.60. The molecule has 17 heavy (non-hydrogen) atoms. The van der Waals surface area contributed by atoms with Crippen LogP contribution in [0.25, 0.3) is 0 Å². The second kappa shape index (κ2) is 5.63. The predicted molar refractivity (Wildman–Crippen MR) is 61.0 cm³/mol. The SMILES string of the molecule is O=C(NCc1cccc(F)c1)N1CCOCC1. The van der Waals surface area contributed by atoms with Crippen molar-refractivity contribution in [1.29, 1.82) is 0 Å². The average Bonchev–Trinajstić information content (AvgIpc) is 2.37. The molecule has 1 saturated heterocycles. The summed E-state index contributed by atoms with van der Waals surface area (Å²) in [6, 6.07) is 6.08. The van der Waals surface area contributed by atoms with Crippen LogP contribution in [0.3, 0.4) is 0 Å². The van der Waals surface area contributed by atoms with Crippen molar-refractivity contribution in [1.82, 2.24) is 10.2 Å². The second-order valence-electron chi connectivity index (χ2n) is 3.89. The molecule has 1 aliphatic heterocycles. The number of rotatable bonds is 2. The van der Waals surface area contributed by atoms with Gasteiger partial charge in [0.1, 0.15) is 5.82 Å². The van der Waals surface area contributed by atoms with E-state index in [4.69, 9.17) is 4.74 Å². The van der Waals surface area contributed by atoms with E-state index >= 15 is 0 Å². The number of halogens is 1. The lowest BCUT2D eigenvalue weighted by atomic mass is 10.2. The van der Waals surface area contributed by atoms with Crippen LogP contribution < -0.4 is 5.32 Å². The zero-order valence-electron chi connectivity index (χ0n) is 9.49. The molecular weight excluding hydrogens is 223 g/mol. The predicted octanol–water partition coefficient (Wildman–Crippen LogP) is 1.37. The van der Waals surface area contributed by atoms with Crippen LogP contribution in [-0.2, 0) is 11.3 Å². The molecule has 0 radical (unpaired) electrons. The summed E-state index contributed by atoms with van der Waals surface area (Å²) in [6.07, 6.45) is 0. The maximum absolute atomic E-state index is 12.9. The molecule has 0 saturated carbocycles. The number of urea groups is 1. The minimum atomic E-state index is -0.289. The molecular formula is C12H15FN2O2. The molecule has 5 heteroatoms. The third-order valence-corrected chi connectivity index (χ3v) is 2.63. The highest BCUT2D eigenvalue weighted by molar-refractivity contribution is 5.74. The molecule has 0 aromatic heterocycles. The van der Waals surface area contributed by atoms with E-state index in [-0.39, 0.29) is 11.8 Å². The summed E-state index contributed by atoms with van der Waals surface area (Å²) in [4.78, 5) is 13.4. The fourth-order valence-electron chi connectivity index (χ4n) is 1.70. The maximum Gasteiger partial charge on any atom is 0.317 e. The standard InChI is InChI=1S/C12H15FN2O2/c13-11-3-1-2-10(8-11)9-14-12(16)15-4-6-17-7-5-15/h1-3,8H,4-7,9H2,(H,14,16). The Morgan fingerprint density at radius 3 is 2.88 bits per heavy atom. The number of amides is 2. The van der Waals surface area contributed by atoms with Crippen LogP contribution in [0.1, 0.15) is 5.56 Å². The Hall–Kier alpha value is -1.62. The van der Waals surface area contributed by atoms with Gasteiger partial charge in [0.15, 0.2) is 0 Å². The number of carbonyl (C=O) groups is 1. The molecule has 4 nitrogen and oxygen atoms in total. The van der Waals surface area contributed by atoms with Crippen LogP contribution >= 0.6 is 0 Å². The van der Waals surface area contributed by atoms with Crippen LogP contribution in [0.5, 0.6) is 0 Å². The lowest BCUT2D eigenvalue weighted by Crippen LogP contribution is -2.45. The quantitative estimate of drug-likeness (QED) is 0.845. The summed E-state index contributed by atoms with van der Waals surface area (Å²) in [6.45, 7) is 2.71. The van der Waals surface area contributed by atoms with Gasteiger partial charge in [-0.1, -0.05) is 12.1 Å². The van der Waals surface area contributed by atoms with Gasteiger partial charge in [-0.05, 0) is 17.7 Å². The number of ether oxygens (including phenoxy) is 1. The lowest BCUT2D eigenvalue weighted by Gasteiger charge is -2.26. The van der Waals surface area contributed by atoms with E-state index < -0.39 is 0 Å². The lowest BCUT2D eigenvalue weighted by molar-refractivity contribution is 0.0531. The monoisotopic (exact) mass is 238 g/mol. The first kappa shape index (κ1) is 11.9. The van der Waals surface area contributed by atoms with E-state index in [2.05, 4.69) is 5.32 Å². The van der Waals surface area contributed by atoms with E-state index in [1.165, 1.54) is 12.1 Å². The fraction of sp³-hybridized carbons (Fsp3) is 0.417. The van der Waals surface area contributed by atoms with Crippen molar-refractivity contribution in [3.63, 3.8) is 0 Å². The highest BCUT2D eigenvalue weighted by atomic mass is 19.1. The third kappa shape index (κ3) is 3.42. The van der Waals surface area contributed by atoms with Crippen molar-refractivity contribution in [3.05, 3.63) is 35.6 Å². The first-order chi connectivity index (χ1) is 8.25. The number of morpholine rings is 1. The molecule has 0 unspecified atom stereocenters. The highest BCUT2D eigenvalue weighted by Crippen LogP contribution is 2.03. The molecule has 1 fully saturated rings. The summed E-state index contributed by atoms with van der Waals surface area (Å²) in [5.41, 5.74) is 0.756. The molecule has 2 rings (SSSR count). The zero-order valence-corrected chi connectivity index (χ0v) is 9.49. The number of carbonyl (C=O) groups excluding carboxylic acids is 1. The van der Waals surface area contributed by atoms with E-state index in [9.17, 15) is 9.18 Å². The Labute approximate surface area is 99.4 Å². The number of hydrogen-bond acceptors (Lipinski definition) is 2. The van der Waals surface area contributed by atoms with E-state index in [1.54, 1.807) is 17.0 Å². The van der Waals surface area contributed by atoms with Gasteiger partial charge in [-0.3, -0.25) is 0 Å². The Morgan fingerprint density at radius 2 is 2.18 bits per heavy atom. The Kier molecular flexibility index (Phi) is 3.93. The van der Waals surface area contributed by atoms with Crippen molar-refractivity contribution >= 4 is 6.03 Å². The van der Waals surface area contributed by atoms with E-state index in [1.807, 2.05) is 0 Å². The topological polar surface area (TPSA) is 41.6 Å². The van der Waals surface area contributed by atoms with Crippen LogP contribution in [0, 0.1) is 5.82 Å². The zero-order chi connectivity index (χ0) is 12.1. The van der Waals surface area contributed by atoms with Gasteiger partial charge >= 0.3 is 6.03 Å². The molecule has 0 spiro atoms. The van der Waals surface area contributed by atoms with Crippen molar-refractivity contribution in [2.45, 2.75) is 6.54 Å². The van der Waals surface area contributed by atoms with Crippen molar-refractivity contribution in [2.75, 3.05) is 26.3 Å². The number of hydrogen-bond donors (Lipinski definition) is 1. The largest absolute Gasteiger partial charge is 0.378 e. The van der Waals surface area contributed by atoms with Gasteiger partial charge in [-0.15, -0.1) is 0 Å². The number of benzene rings is 1. The summed E-state index contributed by atoms with van der Waals surface area (Å²) >= 11 is 0. The van der Waals surface area contributed by atoms with Crippen LogP contribution in [0.15, 0.2) is 24.3 Å². The van der Waals surface area contributed by atoms with Crippen molar-refractivity contribution < 1.29 is 13.9 Å². The van der Waals surface area contributed by atoms with Gasteiger partial charge in [0.05, 0.1) is 13.2 Å². The minimum Gasteiger partial charge on any atom is -0.378 e. The summed E-state index contributed by atoms with van der Waals surface area (Å²) in [5.74, 6) is -0.289. The molecule has 0 atom stereocenters. The number of nitrogens with zero attached hydrogens (tertiary/aromatic N) is 1.